The minimum Gasteiger partial charge on any atom is -0.322 e. The van der Waals surface area contributed by atoms with Gasteiger partial charge in [0.15, 0.2) is 0 Å². The van der Waals surface area contributed by atoms with E-state index in [2.05, 4.69) is 10.3 Å². The molecule has 1 aromatic heterocycles. The van der Waals surface area contributed by atoms with E-state index in [0.717, 1.165) is 12.1 Å². The number of nitrogens with zero attached hydrogens (tertiary/aromatic N) is 2. The summed E-state index contributed by atoms with van der Waals surface area (Å²) in [6, 6.07) is 8.01. The Hall–Kier alpha value is -2.80. The maximum absolute atomic E-state index is 13.3. The molecule has 0 fully saturated rings. The molecule has 0 saturated carbocycles. The Kier molecular flexibility index (Phi) is 4.97. The summed E-state index contributed by atoms with van der Waals surface area (Å²) in [5.41, 5.74) is 1.07. The number of rotatable bonds is 3. The van der Waals surface area contributed by atoms with Gasteiger partial charge in [0.1, 0.15) is 0 Å². The van der Waals surface area contributed by atoms with Gasteiger partial charge in [0.25, 0.3) is 5.91 Å². The van der Waals surface area contributed by atoms with Crippen molar-refractivity contribution in [3.8, 4) is 5.69 Å². The highest BCUT2D eigenvalue weighted by Gasteiger charge is 2.31. The molecule has 2 aromatic carbocycles. The first-order valence-electron chi connectivity index (χ1n) is 7.94. The lowest BCUT2D eigenvalue weighted by atomic mass is 10.1. The van der Waals surface area contributed by atoms with Crippen molar-refractivity contribution in [2.24, 2.45) is 0 Å². The Morgan fingerprint density at radius 1 is 1.15 bits per heavy atom. The molecule has 3 rings (SSSR count). The third-order valence-corrected chi connectivity index (χ3v) is 4.36. The van der Waals surface area contributed by atoms with Crippen molar-refractivity contribution >= 4 is 23.2 Å². The maximum Gasteiger partial charge on any atom is 0.416 e. The maximum atomic E-state index is 13.3. The van der Waals surface area contributed by atoms with Gasteiger partial charge in [-0.05, 0) is 55.8 Å². The number of benzene rings is 2. The van der Waals surface area contributed by atoms with E-state index in [1.807, 2.05) is 0 Å². The van der Waals surface area contributed by atoms with Gasteiger partial charge < -0.3 is 9.88 Å². The number of alkyl halides is 3. The number of hydrogen-bond acceptors (Lipinski definition) is 2. The molecule has 1 N–H and O–H groups in total. The topological polar surface area (TPSA) is 46.9 Å². The van der Waals surface area contributed by atoms with Gasteiger partial charge in [-0.3, -0.25) is 4.79 Å². The minimum absolute atomic E-state index is 0.0313. The largest absolute Gasteiger partial charge is 0.416 e. The summed E-state index contributed by atoms with van der Waals surface area (Å²) >= 11 is 5.94. The first-order valence-corrected chi connectivity index (χ1v) is 8.32. The molecule has 4 nitrogen and oxygen atoms in total. The molecule has 27 heavy (non-hydrogen) atoms. The van der Waals surface area contributed by atoms with Crippen LogP contribution in [0.3, 0.4) is 0 Å². The summed E-state index contributed by atoms with van der Waals surface area (Å²) in [5, 5.41) is 3.02. The van der Waals surface area contributed by atoms with Crippen molar-refractivity contribution in [1.29, 1.82) is 0 Å². The molecule has 0 bridgehead atoms. The molecule has 0 spiro atoms. The first-order chi connectivity index (χ1) is 12.6. The lowest BCUT2D eigenvalue weighted by Crippen LogP contribution is -2.14. The fraction of sp³-hybridized carbons (Fsp3) is 0.158. The third kappa shape index (κ3) is 4.31. The minimum atomic E-state index is -4.55. The van der Waals surface area contributed by atoms with Crippen LogP contribution in [-0.4, -0.2) is 15.5 Å². The summed E-state index contributed by atoms with van der Waals surface area (Å²) in [6.07, 6.45) is -1.54. The number of nitrogens with one attached hydrogen (secondary N) is 1. The summed E-state index contributed by atoms with van der Waals surface area (Å²) in [4.78, 5) is 16.5. The fourth-order valence-electron chi connectivity index (χ4n) is 2.55. The zero-order valence-electron chi connectivity index (χ0n) is 14.4. The van der Waals surface area contributed by atoms with Crippen molar-refractivity contribution in [3.63, 3.8) is 0 Å². The standard InChI is InChI=1S/C19H15ClF3N3O/c1-11-5-13(3-4-17(11)20)18(27)25-15-6-14(19(21,22)23)7-16(8-15)26-9-12(2)24-10-26/h3-10H,1-2H3,(H,25,27). The quantitative estimate of drug-likeness (QED) is 0.646. The van der Waals surface area contributed by atoms with E-state index in [1.54, 1.807) is 32.2 Å². The highest BCUT2D eigenvalue weighted by molar-refractivity contribution is 6.31. The molecule has 140 valence electrons. The zero-order chi connectivity index (χ0) is 19.8. The number of imidazole rings is 1. The summed E-state index contributed by atoms with van der Waals surface area (Å²) in [6.45, 7) is 3.47. The van der Waals surface area contributed by atoms with Gasteiger partial charge >= 0.3 is 6.18 Å². The van der Waals surface area contributed by atoms with Crippen molar-refractivity contribution in [2.75, 3.05) is 5.32 Å². The number of carbonyl (C=O) groups excluding carboxylic acids is 1. The molecule has 1 heterocycles. The van der Waals surface area contributed by atoms with E-state index < -0.39 is 17.6 Å². The molecule has 0 unspecified atom stereocenters. The average molecular weight is 394 g/mol. The summed E-state index contributed by atoms with van der Waals surface area (Å²) in [7, 11) is 0. The lowest BCUT2D eigenvalue weighted by Gasteiger charge is -2.14. The number of halogens is 4. The second kappa shape index (κ2) is 7.08. The van der Waals surface area contributed by atoms with E-state index in [4.69, 9.17) is 11.6 Å². The molecule has 0 aliphatic rings. The van der Waals surface area contributed by atoms with E-state index in [1.165, 1.54) is 23.0 Å². The molecular formula is C19H15ClF3N3O. The highest BCUT2D eigenvalue weighted by Crippen LogP contribution is 2.33. The molecule has 3 aromatic rings. The Bertz CT molecular complexity index is 1010. The first kappa shape index (κ1) is 19.0. The zero-order valence-corrected chi connectivity index (χ0v) is 15.2. The third-order valence-electron chi connectivity index (χ3n) is 3.93. The van der Waals surface area contributed by atoms with Gasteiger partial charge in [0.05, 0.1) is 17.6 Å². The number of carbonyl (C=O) groups is 1. The number of hydrogen-bond donors (Lipinski definition) is 1. The normalized spacial score (nSPS) is 11.5. The molecule has 8 heteroatoms. The number of anilines is 1. The van der Waals surface area contributed by atoms with Gasteiger partial charge in [-0.15, -0.1) is 0 Å². The summed E-state index contributed by atoms with van der Waals surface area (Å²) in [5.74, 6) is -0.526. The van der Waals surface area contributed by atoms with E-state index in [-0.39, 0.29) is 11.4 Å². The van der Waals surface area contributed by atoms with Gasteiger partial charge in [0, 0.05) is 28.2 Å². The van der Waals surface area contributed by atoms with E-state index >= 15 is 0 Å². The average Bonchev–Trinajstić information content (AvgIpc) is 3.02. The molecule has 0 radical (unpaired) electrons. The molecular weight excluding hydrogens is 379 g/mol. The van der Waals surface area contributed by atoms with Crippen LogP contribution in [-0.2, 0) is 6.18 Å². The molecule has 0 aliphatic heterocycles. The van der Waals surface area contributed by atoms with Crippen LogP contribution in [0.4, 0.5) is 18.9 Å². The van der Waals surface area contributed by atoms with E-state index in [9.17, 15) is 18.0 Å². The predicted octanol–water partition coefficient (Wildman–Crippen LogP) is 5.41. The SMILES string of the molecule is Cc1cn(-c2cc(NC(=O)c3ccc(Cl)c(C)c3)cc(C(F)(F)F)c2)cn1. The predicted molar refractivity (Wildman–Crippen MR) is 97.4 cm³/mol. The second-order valence-corrected chi connectivity index (χ2v) is 6.51. The number of aromatic nitrogens is 2. The van der Waals surface area contributed by atoms with Crippen LogP contribution < -0.4 is 5.32 Å². The van der Waals surface area contributed by atoms with Crippen molar-refractivity contribution < 1.29 is 18.0 Å². The Morgan fingerprint density at radius 3 is 2.48 bits per heavy atom. The Labute approximate surface area is 158 Å². The molecule has 0 atom stereocenters. The van der Waals surface area contributed by atoms with Crippen LogP contribution in [0.5, 0.6) is 0 Å². The van der Waals surface area contributed by atoms with Crippen LogP contribution in [0.25, 0.3) is 5.69 Å². The number of amides is 1. The lowest BCUT2D eigenvalue weighted by molar-refractivity contribution is -0.137. The molecule has 0 aliphatic carbocycles. The van der Waals surface area contributed by atoms with Crippen LogP contribution >= 0.6 is 11.6 Å². The van der Waals surface area contributed by atoms with Crippen LogP contribution in [0.15, 0.2) is 48.9 Å². The van der Waals surface area contributed by atoms with Gasteiger partial charge in [0.2, 0.25) is 0 Å². The summed E-state index contributed by atoms with van der Waals surface area (Å²) < 4.78 is 41.3. The smallest absolute Gasteiger partial charge is 0.322 e. The molecule has 1 amide bonds. The van der Waals surface area contributed by atoms with Crippen LogP contribution in [0.1, 0.15) is 27.2 Å². The van der Waals surface area contributed by atoms with Crippen molar-refractivity contribution in [2.45, 2.75) is 20.0 Å². The van der Waals surface area contributed by atoms with Crippen LogP contribution in [0, 0.1) is 13.8 Å². The highest BCUT2D eigenvalue weighted by atomic mass is 35.5. The van der Waals surface area contributed by atoms with Gasteiger partial charge in [-0.25, -0.2) is 4.98 Å². The fourth-order valence-corrected chi connectivity index (χ4v) is 2.67. The molecule has 0 saturated heterocycles. The van der Waals surface area contributed by atoms with Gasteiger partial charge in [-0.1, -0.05) is 11.6 Å². The Morgan fingerprint density at radius 2 is 1.89 bits per heavy atom. The second-order valence-electron chi connectivity index (χ2n) is 6.11. The van der Waals surface area contributed by atoms with E-state index in [0.29, 0.717) is 21.8 Å². The monoisotopic (exact) mass is 393 g/mol. The van der Waals surface area contributed by atoms with Crippen molar-refractivity contribution in [3.05, 3.63) is 76.3 Å². The number of aryl methyl sites for hydroxylation is 2. The van der Waals surface area contributed by atoms with Crippen molar-refractivity contribution in [1.82, 2.24) is 9.55 Å². The van der Waals surface area contributed by atoms with Crippen LogP contribution in [0.2, 0.25) is 5.02 Å². The van der Waals surface area contributed by atoms with Gasteiger partial charge in [-0.2, -0.15) is 13.2 Å². The Balaban J connectivity index is 1.98.